The van der Waals surface area contributed by atoms with Crippen LogP contribution in [0.3, 0.4) is 0 Å². The van der Waals surface area contributed by atoms with Crippen molar-refractivity contribution < 1.29 is 9.90 Å². The van der Waals surface area contributed by atoms with E-state index in [1.54, 1.807) is 18.7 Å². The highest BCUT2D eigenvalue weighted by atomic mass is 32.2. The lowest BCUT2D eigenvalue weighted by molar-refractivity contribution is -0.124. The molecule has 0 saturated carbocycles. The molecule has 0 aliphatic carbocycles. The highest BCUT2D eigenvalue weighted by Crippen LogP contribution is 2.16. The second kappa shape index (κ2) is 6.61. The molecule has 3 N–H and O–H groups in total. The number of rotatable bonds is 5. The second-order valence-electron chi connectivity index (χ2n) is 5.55. The molecule has 0 radical (unpaired) electrons. The van der Waals surface area contributed by atoms with Crippen LogP contribution in [0.5, 0.6) is 0 Å². The Bertz CT molecular complexity index is 477. The van der Waals surface area contributed by atoms with Gasteiger partial charge in [-0.05, 0) is 30.7 Å². The van der Waals surface area contributed by atoms with Crippen LogP contribution in [0, 0.1) is 0 Å². The molecule has 0 bridgehead atoms. The summed E-state index contributed by atoms with van der Waals surface area (Å²) in [6.45, 7) is 2.75. The molecule has 1 amide bonds. The topological polar surface area (TPSA) is 61.4 Å². The van der Waals surface area contributed by atoms with Crippen LogP contribution in [-0.4, -0.2) is 41.2 Å². The Labute approximate surface area is 124 Å². The Morgan fingerprint density at radius 3 is 2.90 bits per heavy atom. The lowest BCUT2D eigenvalue weighted by Gasteiger charge is -2.27. The molecule has 4 nitrogen and oxygen atoms in total. The van der Waals surface area contributed by atoms with Crippen LogP contribution in [0.25, 0.3) is 0 Å². The first kappa shape index (κ1) is 15.4. The zero-order valence-electron chi connectivity index (χ0n) is 12.0. The van der Waals surface area contributed by atoms with Gasteiger partial charge in [0.15, 0.2) is 0 Å². The number of carbonyl (C=O) groups excluding carboxylic acids is 1. The average molecular weight is 294 g/mol. The van der Waals surface area contributed by atoms with E-state index in [-0.39, 0.29) is 18.5 Å². The van der Waals surface area contributed by atoms with Gasteiger partial charge in [0.25, 0.3) is 0 Å². The van der Waals surface area contributed by atoms with E-state index < -0.39 is 5.60 Å². The van der Waals surface area contributed by atoms with E-state index in [9.17, 15) is 9.90 Å². The van der Waals surface area contributed by atoms with Crippen LogP contribution in [0.1, 0.15) is 18.1 Å². The van der Waals surface area contributed by atoms with Crippen molar-refractivity contribution in [3.05, 3.63) is 35.4 Å². The normalized spacial score (nSPS) is 20.9. The Kier molecular flexibility index (Phi) is 5.07. The molecule has 5 heteroatoms. The molecule has 0 fully saturated rings. The van der Waals surface area contributed by atoms with E-state index in [1.807, 2.05) is 18.4 Å². The number of amides is 1. The third-order valence-corrected chi connectivity index (χ3v) is 4.41. The molecule has 0 saturated heterocycles. The number of carbonyl (C=O) groups is 1. The molecule has 1 heterocycles. The van der Waals surface area contributed by atoms with Gasteiger partial charge in [0.2, 0.25) is 5.91 Å². The van der Waals surface area contributed by atoms with Gasteiger partial charge in [0.05, 0.1) is 11.6 Å². The third kappa shape index (κ3) is 3.98. The summed E-state index contributed by atoms with van der Waals surface area (Å²) in [5.41, 5.74) is 1.62. The third-order valence-electron chi connectivity index (χ3n) is 3.50. The van der Waals surface area contributed by atoms with Crippen molar-refractivity contribution in [2.24, 2.45) is 0 Å². The fourth-order valence-corrected chi connectivity index (χ4v) is 3.13. The fraction of sp³-hybridized carbons (Fsp3) is 0.533. The second-order valence-corrected chi connectivity index (χ2v) is 6.42. The van der Waals surface area contributed by atoms with Gasteiger partial charge in [0, 0.05) is 18.8 Å². The van der Waals surface area contributed by atoms with E-state index in [0.29, 0.717) is 12.2 Å². The number of thioether (sulfide) groups is 1. The molecule has 20 heavy (non-hydrogen) atoms. The van der Waals surface area contributed by atoms with Gasteiger partial charge in [0.1, 0.15) is 0 Å². The summed E-state index contributed by atoms with van der Waals surface area (Å²) in [5.74, 6) is 0.565. The van der Waals surface area contributed by atoms with Crippen molar-refractivity contribution in [3.63, 3.8) is 0 Å². The van der Waals surface area contributed by atoms with Gasteiger partial charge in [-0.25, -0.2) is 0 Å². The maximum absolute atomic E-state index is 12.2. The standard InChI is InChI=1S/C15H22N2O2S/c1-15(19,10-20-2)9-17-14(18)13-7-11-5-3-4-6-12(11)8-16-13/h3-6,13,16,19H,7-10H2,1-2H3,(H,17,18)/t13-,15?/m0/s1. The first-order chi connectivity index (χ1) is 9.52. The van der Waals surface area contributed by atoms with Gasteiger partial charge in [-0.3, -0.25) is 4.79 Å². The van der Waals surface area contributed by atoms with Gasteiger partial charge < -0.3 is 15.7 Å². The predicted octanol–water partition coefficient (Wildman–Crippen LogP) is 0.931. The zero-order valence-corrected chi connectivity index (χ0v) is 12.8. The van der Waals surface area contributed by atoms with E-state index >= 15 is 0 Å². The maximum Gasteiger partial charge on any atom is 0.237 e. The quantitative estimate of drug-likeness (QED) is 0.756. The Hall–Kier alpha value is -1.04. The minimum absolute atomic E-state index is 0.0409. The summed E-state index contributed by atoms with van der Waals surface area (Å²) in [4.78, 5) is 12.2. The van der Waals surface area contributed by atoms with Gasteiger partial charge >= 0.3 is 0 Å². The van der Waals surface area contributed by atoms with E-state index in [4.69, 9.17) is 0 Å². The molecule has 1 aliphatic rings. The van der Waals surface area contributed by atoms with Gasteiger partial charge in [-0.2, -0.15) is 11.8 Å². The zero-order chi connectivity index (χ0) is 14.6. The highest BCUT2D eigenvalue weighted by Gasteiger charge is 2.26. The van der Waals surface area contributed by atoms with E-state index in [1.165, 1.54) is 11.1 Å². The summed E-state index contributed by atoms with van der Waals surface area (Å²) in [6.07, 6.45) is 2.64. The largest absolute Gasteiger partial charge is 0.387 e. The van der Waals surface area contributed by atoms with Crippen LogP contribution >= 0.6 is 11.8 Å². The van der Waals surface area contributed by atoms with Gasteiger partial charge in [-0.15, -0.1) is 0 Å². The molecule has 0 aromatic heterocycles. The van der Waals surface area contributed by atoms with Crippen LogP contribution < -0.4 is 10.6 Å². The monoisotopic (exact) mass is 294 g/mol. The predicted molar refractivity (Wildman–Crippen MR) is 82.8 cm³/mol. The van der Waals surface area contributed by atoms with Crippen LogP contribution in [0.15, 0.2) is 24.3 Å². The Morgan fingerprint density at radius 1 is 1.50 bits per heavy atom. The Morgan fingerprint density at radius 2 is 2.20 bits per heavy atom. The first-order valence-electron chi connectivity index (χ1n) is 6.81. The Balaban J connectivity index is 1.89. The van der Waals surface area contributed by atoms with Crippen molar-refractivity contribution in [2.75, 3.05) is 18.6 Å². The SMILES string of the molecule is CSCC(C)(O)CNC(=O)[C@@H]1Cc2ccccc2CN1. The van der Waals surface area contributed by atoms with Crippen LogP contribution in [0.2, 0.25) is 0 Å². The molecule has 1 unspecified atom stereocenters. The molecule has 1 aliphatic heterocycles. The van der Waals surface area contributed by atoms with Crippen molar-refractivity contribution >= 4 is 17.7 Å². The molecule has 1 aromatic carbocycles. The van der Waals surface area contributed by atoms with Crippen molar-refractivity contribution in [1.29, 1.82) is 0 Å². The average Bonchev–Trinajstić information content (AvgIpc) is 2.44. The molecule has 2 rings (SSSR count). The summed E-state index contributed by atoms with van der Waals surface area (Å²) in [5, 5.41) is 16.2. The number of benzene rings is 1. The smallest absolute Gasteiger partial charge is 0.237 e. The molecular formula is C15H22N2O2S. The summed E-state index contributed by atoms with van der Waals surface area (Å²) in [7, 11) is 0. The summed E-state index contributed by atoms with van der Waals surface area (Å²) in [6, 6.07) is 7.96. The highest BCUT2D eigenvalue weighted by molar-refractivity contribution is 7.98. The van der Waals surface area contributed by atoms with Crippen molar-refractivity contribution in [2.45, 2.75) is 31.5 Å². The van der Waals surface area contributed by atoms with E-state index in [2.05, 4.69) is 22.8 Å². The number of hydrogen-bond donors (Lipinski definition) is 3. The number of nitrogens with one attached hydrogen (secondary N) is 2. The fourth-order valence-electron chi connectivity index (χ4n) is 2.40. The molecule has 1 aromatic rings. The van der Waals surface area contributed by atoms with E-state index in [0.717, 1.165) is 6.54 Å². The van der Waals surface area contributed by atoms with Crippen molar-refractivity contribution in [1.82, 2.24) is 10.6 Å². The molecule has 2 atom stereocenters. The van der Waals surface area contributed by atoms with Gasteiger partial charge in [-0.1, -0.05) is 24.3 Å². The summed E-state index contributed by atoms with van der Waals surface area (Å²) < 4.78 is 0. The first-order valence-corrected chi connectivity index (χ1v) is 8.20. The number of hydrogen-bond acceptors (Lipinski definition) is 4. The minimum Gasteiger partial charge on any atom is -0.387 e. The lowest BCUT2D eigenvalue weighted by atomic mass is 9.95. The molecular weight excluding hydrogens is 272 g/mol. The minimum atomic E-state index is -0.859. The number of fused-ring (bicyclic) bond motifs is 1. The summed E-state index contributed by atoms with van der Waals surface area (Å²) >= 11 is 1.57. The molecule has 0 spiro atoms. The lowest BCUT2D eigenvalue weighted by Crippen LogP contribution is -2.51. The number of aliphatic hydroxyl groups is 1. The molecule has 110 valence electrons. The van der Waals surface area contributed by atoms with Crippen molar-refractivity contribution in [3.8, 4) is 0 Å². The maximum atomic E-state index is 12.2. The van der Waals surface area contributed by atoms with Crippen LogP contribution in [-0.2, 0) is 17.8 Å². The van der Waals surface area contributed by atoms with Crippen LogP contribution in [0.4, 0.5) is 0 Å².